The average Bonchev–Trinajstić information content (AvgIpc) is 2.25. The highest BCUT2D eigenvalue weighted by Gasteiger charge is 2.34. The van der Waals surface area contributed by atoms with Gasteiger partial charge in [-0.15, -0.1) is 13.2 Å². The molecule has 0 saturated heterocycles. The highest BCUT2D eigenvalue weighted by molar-refractivity contribution is 5.78. The van der Waals surface area contributed by atoms with Gasteiger partial charge in [-0.1, -0.05) is 6.07 Å². The van der Waals surface area contributed by atoms with Crippen LogP contribution in [0, 0.1) is 0 Å². The van der Waals surface area contributed by atoms with Crippen LogP contribution in [0.1, 0.15) is 11.7 Å². The fourth-order valence-electron chi connectivity index (χ4n) is 1.29. The van der Waals surface area contributed by atoms with Crippen LogP contribution < -0.4 is 16.0 Å². The van der Waals surface area contributed by atoms with Gasteiger partial charge in [-0.25, -0.2) is 4.79 Å². The normalized spacial score (nSPS) is 12.9. The molecule has 0 aliphatic heterocycles. The number of aliphatic hydroxyl groups is 1. The lowest BCUT2D eigenvalue weighted by Gasteiger charge is -2.18. The summed E-state index contributed by atoms with van der Waals surface area (Å²) in [6, 6.07) is 3.23. The predicted octanol–water partition coefficient (Wildman–Crippen LogP) is 0.989. The quantitative estimate of drug-likeness (QED) is 0.478. The number of carboxylic acids is 1. The average molecular weight is 266 g/mol. The molecule has 0 aliphatic rings. The van der Waals surface area contributed by atoms with Gasteiger partial charge >= 0.3 is 12.3 Å². The van der Waals surface area contributed by atoms with E-state index in [0.29, 0.717) is 0 Å². The summed E-state index contributed by atoms with van der Waals surface area (Å²) in [5.74, 6) is 2.46. The van der Waals surface area contributed by atoms with Gasteiger partial charge in [-0.2, -0.15) is 0 Å². The van der Waals surface area contributed by atoms with Crippen molar-refractivity contribution in [3.63, 3.8) is 0 Å². The standard InChI is InChI=1S/C9H9F3N2O4/c10-9(11,12)18-5-3-1-2-4(14-13)6(5)7(15)8(16)17/h1-3,7,14-15H,13H2,(H,16,17). The molecule has 1 atom stereocenters. The molecule has 0 heterocycles. The van der Waals surface area contributed by atoms with Crippen LogP contribution in [0.5, 0.6) is 5.75 Å². The van der Waals surface area contributed by atoms with E-state index in [1.807, 2.05) is 5.43 Å². The van der Waals surface area contributed by atoms with Crippen molar-refractivity contribution >= 4 is 11.7 Å². The Morgan fingerprint density at radius 3 is 2.50 bits per heavy atom. The van der Waals surface area contributed by atoms with Crippen LogP contribution in [-0.2, 0) is 4.79 Å². The maximum absolute atomic E-state index is 12.1. The summed E-state index contributed by atoms with van der Waals surface area (Å²) >= 11 is 0. The number of nitrogen functional groups attached to an aromatic ring is 1. The molecule has 0 amide bonds. The van der Waals surface area contributed by atoms with Gasteiger partial charge in [0.05, 0.1) is 11.3 Å². The topological polar surface area (TPSA) is 105 Å². The first-order valence-corrected chi connectivity index (χ1v) is 4.52. The Labute approximate surface area is 98.7 Å². The first-order valence-electron chi connectivity index (χ1n) is 4.52. The lowest BCUT2D eigenvalue weighted by atomic mass is 10.1. The summed E-state index contributed by atoms with van der Waals surface area (Å²) in [5.41, 5.74) is 1.19. The molecular weight excluding hydrogens is 257 g/mol. The molecule has 1 aromatic rings. The van der Waals surface area contributed by atoms with Crippen LogP contribution in [0.3, 0.4) is 0 Å². The molecule has 1 rings (SSSR count). The molecule has 0 fully saturated rings. The number of carboxylic acid groups (broad SMARTS) is 1. The fraction of sp³-hybridized carbons (Fsp3) is 0.222. The molecule has 18 heavy (non-hydrogen) atoms. The van der Waals surface area contributed by atoms with E-state index in [-0.39, 0.29) is 5.69 Å². The molecule has 5 N–H and O–H groups in total. The summed E-state index contributed by atoms with van der Waals surface area (Å²) in [7, 11) is 0. The van der Waals surface area contributed by atoms with Crippen molar-refractivity contribution in [1.82, 2.24) is 0 Å². The number of hydrogen-bond acceptors (Lipinski definition) is 5. The minimum atomic E-state index is -5.01. The number of nitrogens with one attached hydrogen (secondary N) is 1. The zero-order valence-electron chi connectivity index (χ0n) is 8.73. The van der Waals surface area contributed by atoms with Crippen LogP contribution in [0.25, 0.3) is 0 Å². The number of alkyl halides is 3. The number of hydrogen-bond donors (Lipinski definition) is 4. The molecule has 0 aliphatic carbocycles. The highest BCUT2D eigenvalue weighted by Crippen LogP contribution is 2.35. The van der Waals surface area contributed by atoms with Crippen LogP contribution >= 0.6 is 0 Å². The van der Waals surface area contributed by atoms with Gasteiger partial charge < -0.3 is 20.4 Å². The van der Waals surface area contributed by atoms with Crippen molar-refractivity contribution in [3.05, 3.63) is 23.8 Å². The first-order chi connectivity index (χ1) is 8.26. The van der Waals surface area contributed by atoms with Crippen molar-refractivity contribution in [2.45, 2.75) is 12.5 Å². The lowest BCUT2D eigenvalue weighted by Crippen LogP contribution is -2.22. The van der Waals surface area contributed by atoms with E-state index in [2.05, 4.69) is 4.74 Å². The van der Waals surface area contributed by atoms with E-state index in [1.54, 1.807) is 0 Å². The number of hydrazine groups is 1. The van der Waals surface area contributed by atoms with Gasteiger partial charge in [-0.05, 0) is 12.1 Å². The number of aliphatic hydroxyl groups excluding tert-OH is 1. The van der Waals surface area contributed by atoms with E-state index in [9.17, 15) is 23.1 Å². The second-order valence-electron chi connectivity index (χ2n) is 3.15. The van der Waals surface area contributed by atoms with Gasteiger partial charge in [0.1, 0.15) is 5.75 Å². The maximum atomic E-state index is 12.1. The summed E-state index contributed by atoms with van der Waals surface area (Å²) in [4.78, 5) is 10.6. The van der Waals surface area contributed by atoms with E-state index in [4.69, 9.17) is 10.9 Å². The van der Waals surface area contributed by atoms with E-state index in [1.165, 1.54) is 6.07 Å². The maximum Gasteiger partial charge on any atom is 0.573 e. The minimum absolute atomic E-state index is 0.188. The number of nitrogens with two attached hydrogens (primary N) is 1. The number of rotatable bonds is 4. The van der Waals surface area contributed by atoms with Gasteiger partial charge in [0, 0.05) is 0 Å². The Morgan fingerprint density at radius 1 is 1.44 bits per heavy atom. The van der Waals surface area contributed by atoms with Crippen LogP contribution in [0.15, 0.2) is 18.2 Å². The third-order valence-electron chi connectivity index (χ3n) is 1.95. The minimum Gasteiger partial charge on any atom is -0.479 e. The van der Waals surface area contributed by atoms with Gasteiger partial charge in [0.2, 0.25) is 0 Å². The van der Waals surface area contributed by atoms with E-state index >= 15 is 0 Å². The number of carbonyl (C=O) groups is 1. The smallest absolute Gasteiger partial charge is 0.479 e. The molecule has 0 bridgehead atoms. The van der Waals surface area contributed by atoms with E-state index < -0.39 is 29.7 Å². The highest BCUT2D eigenvalue weighted by atomic mass is 19.4. The molecule has 0 radical (unpaired) electrons. The monoisotopic (exact) mass is 266 g/mol. The summed E-state index contributed by atoms with van der Waals surface area (Å²) in [6.07, 6.45) is -7.21. The number of ether oxygens (including phenoxy) is 1. The van der Waals surface area contributed by atoms with Crippen molar-refractivity contribution < 1.29 is 32.9 Å². The molecule has 100 valence electrons. The van der Waals surface area contributed by atoms with Crippen molar-refractivity contribution in [1.29, 1.82) is 0 Å². The largest absolute Gasteiger partial charge is 0.573 e. The number of benzene rings is 1. The number of aliphatic carboxylic acids is 1. The molecule has 9 heteroatoms. The Kier molecular flexibility index (Phi) is 3.99. The third-order valence-corrected chi connectivity index (χ3v) is 1.95. The molecule has 0 saturated carbocycles. The second-order valence-corrected chi connectivity index (χ2v) is 3.15. The Morgan fingerprint density at radius 2 is 2.06 bits per heavy atom. The van der Waals surface area contributed by atoms with Crippen molar-refractivity contribution in [3.8, 4) is 5.75 Å². The van der Waals surface area contributed by atoms with Crippen molar-refractivity contribution in [2.24, 2.45) is 5.84 Å². The zero-order chi connectivity index (χ0) is 13.9. The molecule has 1 unspecified atom stereocenters. The zero-order valence-corrected chi connectivity index (χ0v) is 8.73. The third kappa shape index (κ3) is 3.25. The van der Waals surface area contributed by atoms with Gasteiger partial charge in [0.15, 0.2) is 6.10 Å². The SMILES string of the molecule is NNc1cccc(OC(F)(F)F)c1C(O)C(=O)O. The molecular formula is C9H9F3N2O4. The Hall–Kier alpha value is -2.00. The van der Waals surface area contributed by atoms with Crippen molar-refractivity contribution in [2.75, 3.05) is 5.43 Å². The number of anilines is 1. The van der Waals surface area contributed by atoms with Crippen LogP contribution in [0.2, 0.25) is 0 Å². The van der Waals surface area contributed by atoms with Crippen LogP contribution in [0.4, 0.5) is 18.9 Å². The fourth-order valence-corrected chi connectivity index (χ4v) is 1.29. The van der Waals surface area contributed by atoms with Gasteiger partial charge in [-0.3, -0.25) is 5.84 Å². The molecule has 6 nitrogen and oxygen atoms in total. The summed E-state index contributed by atoms with van der Waals surface area (Å²) < 4.78 is 40.0. The predicted molar refractivity (Wildman–Crippen MR) is 53.5 cm³/mol. The second kappa shape index (κ2) is 5.10. The lowest BCUT2D eigenvalue weighted by molar-refractivity contribution is -0.275. The van der Waals surface area contributed by atoms with Crippen LogP contribution in [-0.4, -0.2) is 22.5 Å². The molecule has 0 spiro atoms. The Balaban J connectivity index is 3.29. The Bertz CT molecular complexity index is 450. The summed E-state index contributed by atoms with van der Waals surface area (Å²) in [6.45, 7) is 0. The molecule has 1 aromatic carbocycles. The first kappa shape index (κ1) is 14.1. The summed E-state index contributed by atoms with van der Waals surface area (Å²) in [5, 5.41) is 18.0. The number of halogens is 3. The van der Waals surface area contributed by atoms with Gasteiger partial charge in [0.25, 0.3) is 0 Å². The molecule has 0 aromatic heterocycles. The van der Waals surface area contributed by atoms with E-state index in [0.717, 1.165) is 12.1 Å².